The largest absolute Gasteiger partial charge is 0.361 e. The summed E-state index contributed by atoms with van der Waals surface area (Å²) in [6.45, 7) is 1.67. The van der Waals surface area contributed by atoms with E-state index in [-0.39, 0.29) is 5.91 Å². The molecule has 24 heavy (non-hydrogen) atoms. The zero-order chi connectivity index (χ0) is 16.4. The number of aromatic amines is 2. The fourth-order valence-electron chi connectivity index (χ4n) is 3.69. The van der Waals surface area contributed by atoms with Gasteiger partial charge < -0.3 is 9.88 Å². The van der Waals surface area contributed by atoms with Gasteiger partial charge in [-0.25, -0.2) is 0 Å². The van der Waals surface area contributed by atoms with E-state index in [1.54, 1.807) is 6.20 Å². The maximum absolute atomic E-state index is 12.6. The first-order valence-corrected chi connectivity index (χ1v) is 8.63. The van der Waals surface area contributed by atoms with Gasteiger partial charge in [-0.1, -0.05) is 18.2 Å². The molecule has 1 saturated heterocycles. The van der Waals surface area contributed by atoms with Gasteiger partial charge in [0.2, 0.25) is 5.91 Å². The first-order valence-electron chi connectivity index (χ1n) is 8.63. The van der Waals surface area contributed by atoms with E-state index in [0.717, 1.165) is 43.6 Å². The van der Waals surface area contributed by atoms with Crippen molar-refractivity contribution < 1.29 is 4.79 Å². The van der Waals surface area contributed by atoms with Crippen LogP contribution in [0.15, 0.2) is 42.7 Å². The summed E-state index contributed by atoms with van der Waals surface area (Å²) in [6, 6.07) is 10.3. The summed E-state index contributed by atoms with van der Waals surface area (Å²) in [5.74, 6) is 0.641. The summed E-state index contributed by atoms with van der Waals surface area (Å²) >= 11 is 0. The summed E-state index contributed by atoms with van der Waals surface area (Å²) in [5.41, 5.74) is 3.50. The molecule has 0 spiro atoms. The Morgan fingerprint density at radius 3 is 3.08 bits per heavy atom. The van der Waals surface area contributed by atoms with Crippen molar-refractivity contribution in [3.63, 3.8) is 0 Å². The van der Waals surface area contributed by atoms with Crippen LogP contribution >= 0.6 is 0 Å². The van der Waals surface area contributed by atoms with E-state index in [2.05, 4.69) is 27.3 Å². The van der Waals surface area contributed by atoms with Gasteiger partial charge in [0.25, 0.3) is 0 Å². The normalized spacial score (nSPS) is 18.2. The van der Waals surface area contributed by atoms with Crippen LogP contribution in [-0.2, 0) is 11.2 Å². The number of aryl methyl sites for hydroxylation is 1. The van der Waals surface area contributed by atoms with Gasteiger partial charge >= 0.3 is 0 Å². The van der Waals surface area contributed by atoms with Crippen molar-refractivity contribution in [1.29, 1.82) is 0 Å². The Hall–Kier alpha value is -2.56. The molecule has 3 aromatic rings. The van der Waals surface area contributed by atoms with Crippen LogP contribution in [0, 0.1) is 0 Å². The standard InChI is InChI=1S/C19H22N4O/c24-19(8-7-14-12-20-18-6-2-1-5-16(14)18)23-11-3-4-15(13-23)17-9-10-21-22-17/h1-2,5-6,9-10,12,15,20H,3-4,7-8,11,13H2,(H,21,22). The van der Waals surface area contributed by atoms with E-state index in [0.29, 0.717) is 12.3 Å². The first-order chi connectivity index (χ1) is 11.8. The van der Waals surface area contributed by atoms with Crippen LogP contribution in [0.1, 0.15) is 36.4 Å². The molecule has 3 heterocycles. The van der Waals surface area contributed by atoms with Crippen molar-refractivity contribution in [1.82, 2.24) is 20.1 Å². The lowest BCUT2D eigenvalue weighted by molar-refractivity contribution is -0.132. The van der Waals surface area contributed by atoms with Crippen LogP contribution in [0.4, 0.5) is 0 Å². The van der Waals surface area contributed by atoms with Gasteiger partial charge in [0.1, 0.15) is 0 Å². The second-order valence-corrected chi connectivity index (χ2v) is 6.55. The SMILES string of the molecule is O=C(CCc1c[nH]c2ccccc12)N1CCCC(c2ccn[nH]2)C1. The number of amides is 1. The molecule has 5 nitrogen and oxygen atoms in total. The number of rotatable bonds is 4. The molecular weight excluding hydrogens is 300 g/mol. The molecule has 2 N–H and O–H groups in total. The smallest absolute Gasteiger partial charge is 0.222 e. The summed E-state index contributed by atoms with van der Waals surface area (Å²) in [4.78, 5) is 17.9. The molecule has 1 unspecified atom stereocenters. The number of piperidine rings is 1. The molecule has 4 rings (SSSR count). The Kier molecular flexibility index (Phi) is 4.07. The highest BCUT2D eigenvalue weighted by Crippen LogP contribution is 2.26. The number of nitrogens with one attached hydrogen (secondary N) is 2. The zero-order valence-electron chi connectivity index (χ0n) is 13.7. The van der Waals surface area contributed by atoms with E-state index in [1.165, 1.54) is 10.9 Å². The van der Waals surface area contributed by atoms with E-state index in [9.17, 15) is 4.79 Å². The first kappa shape index (κ1) is 15.0. The topological polar surface area (TPSA) is 64.8 Å². The number of likely N-dealkylation sites (tertiary alicyclic amines) is 1. The molecule has 1 fully saturated rings. The van der Waals surface area contributed by atoms with Gasteiger partial charge in [-0.05, 0) is 37.0 Å². The molecule has 2 aromatic heterocycles. The number of carbonyl (C=O) groups excluding carboxylic acids is 1. The predicted molar refractivity (Wildman–Crippen MR) is 93.8 cm³/mol. The monoisotopic (exact) mass is 322 g/mol. The number of aromatic nitrogens is 3. The van der Waals surface area contributed by atoms with Crippen LogP contribution in [0.5, 0.6) is 0 Å². The van der Waals surface area contributed by atoms with Crippen LogP contribution in [0.25, 0.3) is 10.9 Å². The molecule has 0 saturated carbocycles. The van der Waals surface area contributed by atoms with Gasteiger partial charge in [0.05, 0.1) is 0 Å². The van der Waals surface area contributed by atoms with E-state index < -0.39 is 0 Å². The molecule has 1 amide bonds. The third kappa shape index (κ3) is 2.94. The van der Waals surface area contributed by atoms with Gasteiger partial charge in [-0.2, -0.15) is 5.10 Å². The highest BCUT2D eigenvalue weighted by Gasteiger charge is 2.25. The predicted octanol–water partition coefficient (Wildman–Crippen LogP) is 3.23. The molecule has 0 aliphatic carbocycles. The summed E-state index contributed by atoms with van der Waals surface area (Å²) in [5, 5.41) is 8.30. The number of fused-ring (bicyclic) bond motifs is 1. The van der Waals surface area contributed by atoms with Crippen LogP contribution in [0.3, 0.4) is 0 Å². The minimum atomic E-state index is 0.254. The third-order valence-corrected chi connectivity index (χ3v) is 5.02. The van der Waals surface area contributed by atoms with Crippen LogP contribution in [-0.4, -0.2) is 39.1 Å². The molecule has 5 heteroatoms. The van der Waals surface area contributed by atoms with Gasteiger partial charge in [0, 0.05) is 54.4 Å². The molecule has 1 aliphatic rings. The van der Waals surface area contributed by atoms with E-state index >= 15 is 0 Å². The highest BCUT2D eigenvalue weighted by molar-refractivity contribution is 5.84. The Morgan fingerprint density at radius 1 is 1.29 bits per heavy atom. The molecular formula is C19H22N4O. The zero-order valence-corrected chi connectivity index (χ0v) is 13.7. The van der Waals surface area contributed by atoms with Gasteiger partial charge in [-0.15, -0.1) is 0 Å². The summed E-state index contributed by atoms with van der Waals surface area (Å²) in [7, 11) is 0. The minimum Gasteiger partial charge on any atom is -0.361 e. The second-order valence-electron chi connectivity index (χ2n) is 6.55. The van der Waals surface area contributed by atoms with Crippen LogP contribution in [0.2, 0.25) is 0 Å². The fourth-order valence-corrected chi connectivity index (χ4v) is 3.69. The highest BCUT2D eigenvalue weighted by atomic mass is 16.2. The molecule has 124 valence electrons. The van der Waals surface area contributed by atoms with Crippen molar-refractivity contribution in [3.05, 3.63) is 54.0 Å². The number of benzene rings is 1. The quantitative estimate of drug-likeness (QED) is 0.774. The average molecular weight is 322 g/mol. The van der Waals surface area contributed by atoms with Gasteiger partial charge in [0.15, 0.2) is 0 Å². The summed E-state index contributed by atoms with van der Waals surface area (Å²) < 4.78 is 0. The minimum absolute atomic E-state index is 0.254. The van der Waals surface area contributed by atoms with Crippen molar-refractivity contribution in [3.8, 4) is 0 Å². The number of H-pyrrole nitrogens is 2. The third-order valence-electron chi connectivity index (χ3n) is 5.02. The van der Waals surface area contributed by atoms with Crippen molar-refractivity contribution in [2.75, 3.05) is 13.1 Å². The molecule has 1 aliphatic heterocycles. The lowest BCUT2D eigenvalue weighted by Crippen LogP contribution is -2.39. The van der Waals surface area contributed by atoms with Crippen molar-refractivity contribution in [2.24, 2.45) is 0 Å². The van der Waals surface area contributed by atoms with E-state index in [4.69, 9.17) is 0 Å². The number of carbonyl (C=O) groups is 1. The Bertz CT molecular complexity index is 821. The molecule has 1 aromatic carbocycles. The number of hydrogen-bond donors (Lipinski definition) is 2. The molecule has 0 bridgehead atoms. The van der Waals surface area contributed by atoms with Crippen LogP contribution < -0.4 is 0 Å². The fraction of sp³-hybridized carbons (Fsp3) is 0.368. The summed E-state index contributed by atoms with van der Waals surface area (Å²) in [6.07, 6.45) is 7.34. The van der Waals surface area contributed by atoms with Gasteiger partial charge in [-0.3, -0.25) is 9.89 Å². The lowest BCUT2D eigenvalue weighted by atomic mass is 9.94. The lowest BCUT2D eigenvalue weighted by Gasteiger charge is -2.32. The average Bonchev–Trinajstić information content (AvgIpc) is 3.30. The number of hydrogen-bond acceptors (Lipinski definition) is 2. The Balaban J connectivity index is 1.39. The second kappa shape index (κ2) is 6.51. The Morgan fingerprint density at radius 2 is 2.21 bits per heavy atom. The maximum Gasteiger partial charge on any atom is 0.222 e. The number of nitrogens with zero attached hydrogens (tertiary/aromatic N) is 2. The van der Waals surface area contributed by atoms with Crippen molar-refractivity contribution in [2.45, 2.75) is 31.6 Å². The number of para-hydroxylation sites is 1. The maximum atomic E-state index is 12.6. The van der Waals surface area contributed by atoms with Crippen molar-refractivity contribution >= 4 is 16.8 Å². The molecule has 1 atom stereocenters. The van der Waals surface area contributed by atoms with E-state index in [1.807, 2.05) is 29.3 Å². The molecule has 0 radical (unpaired) electrons. The Labute approximate surface area is 141 Å².